The van der Waals surface area contributed by atoms with E-state index < -0.39 is 23.2 Å². The minimum Gasteiger partial charge on any atom is -0.479 e. The van der Waals surface area contributed by atoms with E-state index >= 15 is 0 Å². The van der Waals surface area contributed by atoms with Gasteiger partial charge in [-0.1, -0.05) is 12.1 Å². The number of hydrogen-bond donors (Lipinski definition) is 3. The number of amides is 1. The first-order chi connectivity index (χ1) is 11.6. The van der Waals surface area contributed by atoms with Gasteiger partial charge in [0.1, 0.15) is 11.1 Å². The first kappa shape index (κ1) is 17.3. The van der Waals surface area contributed by atoms with Crippen molar-refractivity contribution in [3.05, 3.63) is 35.0 Å². The zero-order chi connectivity index (χ0) is 18.4. The summed E-state index contributed by atoms with van der Waals surface area (Å²) in [6.07, 6.45) is 0.417. The summed E-state index contributed by atoms with van der Waals surface area (Å²) in [7, 11) is 0. The normalized spacial score (nSPS) is 20.2. The quantitative estimate of drug-likeness (QED) is 0.779. The number of aliphatic carboxylic acids is 1. The van der Waals surface area contributed by atoms with Crippen molar-refractivity contribution in [1.82, 2.24) is 10.3 Å². The monoisotopic (exact) mass is 344 g/mol. The van der Waals surface area contributed by atoms with Gasteiger partial charge in [-0.3, -0.25) is 0 Å². The minimum atomic E-state index is -1.35. The molecule has 6 nitrogen and oxygen atoms in total. The van der Waals surface area contributed by atoms with Crippen LogP contribution in [0.15, 0.2) is 18.2 Å². The number of nitrogens with one attached hydrogen (secondary N) is 2. The van der Waals surface area contributed by atoms with Gasteiger partial charge >= 0.3 is 12.1 Å². The molecule has 1 aliphatic rings. The number of alkyl carbamates (subject to hydrolysis) is 1. The van der Waals surface area contributed by atoms with Crippen molar-refractivity contribution in [2.75, 3.05) is 0 Å². The van der Waals surface area contributed by atoms with E-state index in [0.717, 1.165) is 27.7 Å². The van der Waals surface area contributed by atoms with E-state index in [0.29, 0.717) is 12.8 Å². The van der Waals surface area contributed by atoms with Gasteiger partial charge in [0.15, 0.2) is 0 Å². The molecule has 6 heteroatoms. The number of fused-ring (bicyclic) bond motifs is 3. The molecule has 0 unspecified atom stereocenters. The molecule has 1 aromatic carbocycles. The average Bonchev–Trinajstić information content (AvgIpc) is 2.81. The molecule has 0 fully saturated rings. The molecule has 0 saturated carbocycles. The minimum absolute atomic E-state index is 0.236. The molecule has 1 heterocycles. The van der Waals surface area contributed by atoms with Crippen molar-refractivity contribution in [2.45, 2.75) is 58.1 Å². The SMILES string of the molecule is Cc1ccc2c3c([nH]c2c1)CC[C@](NC(=O)OC(C)(C)C)(C(=O)O)C3. The van der Waals surface area contributed by atoms with Crippen LogP contribution in [-0.4, -0.2) is 33.3 Å². The van der Waals surface area contributed by atoms with E-state index in [1.807, 2.05) is 19.1 Å². The third-order valence-corrected chi connectivity index (χ3v) is 4.58. The van der Waals surface area contributed by atoms with E-state index in [4.69, 9.17) is 4.74 Å². The Labute approximate surface area is 146 Å². The van der Waals surface area contributed by atoms with Gasteiger partial charge in [0, 0.05) is 23.0 Å². The maximum absolute atomic E-state index is 12.2. The van der Waals surface area contributed by atoms with E-state index in [1.165, 1.54) is 0 Å². The lowest BCUT2D eigenvalue weighted by Crippen LogP contribution is -2.58. The Morgan fingerprint density at radius 2 is 2.04 bits per heavy atom. The summed E-state index contributed by atoms with van der Waals surface area (Å²) in [6.45, 7) is 7.27. The van der Waals surface area contributed by atoms with E-state index in [1.54, 1.807) is 20.8 Å². The lowest BCUT2D eigenvalue weighted by Gasteiger charge is -2.34. The Morgan fingerprint density at radius 1 is 1.32 bits per heavy atom. The molecule has 1 aliphatic carbocycles. The summed E-state index contributed by atoms with van der Waals surface area (Å²) in [5.74, 6) is -1.04. The fourth-order valence-corrected chi connectivity index (χ4v) is 3.41. The molecule has 1 aromatic heterocycles. The van der Waals surface area contributed by atoms with Crippen LogP contribution < -0.4 is 5.32 Å². The van der Waals surface area contributed by atoms with Gasteiger partial charge in [0.25, 0.3) is 0 Å². The predicted molar refractivity (Wildman–Crippen MR) is 94.8 cm³/mol. The van der Waals surface area contributed by atoms with E-state index in [9.17, 15) is 14.7 Å². The fraction of sp³-hybridized carbons (Fsp3) is 0.474. The number of hydrogen-bond acceptors (Lipinski definition) is 3. The largest absolute Gasteiger partial charge is 0.479 e. The number of aryl methyl sites for hydroxylation is 2. The Hall–Kier alpha value is -2.50. The van der Waals surface area contributed by atoms with Gasteiger partial charge in [-0.25, -0.2) is 9.59 Å². The van der Waals surface area contributed by atoms with Crippen LogP contribution in [0.25, 0.3) is 10.9 Å². The lowest BCUT2D eigenvalue weighted by atomic mass is 9.79. The zero-order valence-electron chi connectivity index (χ0n) is 15.0. The summed E-state index contributed by atoms with van der Waals surface area (Å²) in [6, 6.07) is 6.07. The molecule has 2 aromatic rings. The molecule has 0 radical (unpaired) electrons. The molecule has 0 spiro atoms. The number of rotatable bonds is 2. The Balaban J connectivity index is 1.94. The molecular formula is C19H24N2O4. The van der Waals surface area contributed by atoms with Crippen molar-refractivity contribution < 1.29 is 19.4 Å². The summed E-state index contributed by atoms with van der Waals surface area (Å²) in [4.78, 5) is 27.6. The van der Waals surface area contributed by atoms with Crippen LogP contribution >= 0.6 is 0 Å². The van der Waals surface area contributed by atoms with Gasteiger partial charge in [-0.2, -0.15) is 0 Å². The second-order valence-electron chi connectivity index (χ2n) is 7.82. The van der Waals surface area contributed by atoms with Crippen LogP contribution in [0.3, 0.4) is 0 Å². The number of ether oxygens (including phenoxy) is 1. The maximum Gasteiger partial charge on any atom is 0.408 e. The highest BCUT2D eigenvalue weighted by Crippen LogP contribution is 2.34. The molecule has 134 valence electrons. The summed E-state index contributed by atoms with van der Waals surface area (Å²) < 4.78 is 5.27. The molecule has 0 saturated heterocycles. The Morgan fingerprint density at radius 3 is 2.68 bits per heavy atom. The number of carbonyl (C=O) groups excluding carboxylic acids is 1. The van der Waals surface area contributed by atoms with Crippen LogP contribution in [0.2, 0.25) is 0 Å². The predicted octanol–water partition coefficient (Wildman–Crippen LogP) is 3.31. The molecule has 1 atom stereocenters. The highest BCUT2D eigenvalue weighted by molar-refractivity contribution is 5.90. The van der Waals surface area contributed by atoms with Gasteiger partial charge in [0.05, 0.1) is 0 Å². The van der Waals surface area contributed by atoms with Crippen molar-refractivity contribution in [1.29, 1.82) is 0 Å². The number of H-pyrrole nitrogens is 1. The second kappa shape index (κ2) is 5.79. The number of aromatic amines is 1. The number of benzene rings is 1. The van der Waals surface area contributed by atoms with Gasteiger partial charge < -0.3 is 20.1 Å². The van der Waals surface area contributed by atoms with Gasteiger partial charge in [-0.05, 0) is 57.7 Å². The van der Waals surface area contributed by atoms with Crippen LogP contribution in [0.1, 0.15) is 44.0 Å². The maximum atomic E-state index is 12.2. The molecular weight excluding hydrogens is 320 g/mol. The van der Waals surface area contributed by atoms with Crippen molar-refractivity contribution in [3.63, 3.8) is 0 Å². The Kier molecular flexibility index (Phi) is 4.01. The molecule has 3 N–H and O–H groups in total. The zero-order valence-corrected chi connectivity index (χ0v) is 15.0. The summed E-state index contributed by atoms with van der Waals surface area (Å²) >= 11 is 0. The topological polar surface area (TPSA) is 91.4 Å². The number of carboxylic acid groups (broad SMARTS) is 1. The van der Waals surface area contributed by atoms with Crippen LogP contribution in [0.5, 0.6) is 0 Å². The molecule has 1 amide bonds. The van der Waals surface area contributed by atoms with E-state index in [2.05, 4.69) is 16.4 Å². The first-order valence-electron chi connectivity index (χ1n) is 8.44. The third-order valence-electron chi connectivity index (χ3n) is 4.58. The summed E-state index contributed by atoms with van der Waals surface area (Å²) in [5, 5.41) is 13.5. The smallest absolute Gasteiger partial charge is 0.408 e. The molecule has 3 rings (SSSR count). The average molecular weight is 344 g/mol. The lowest BCUT2D eigenvalue weighted by molar-refractivity contribution is -0.145. The first-order valence-corrected chi connectivity index (χ1v) is 8.44. The third kappa shape index (κ3) is 3.34. The highest BCUT2D eigenvalue weighted by Gasteiger charge is 2.44. The van der Waals surface area contributed by atoms with Crippen molar-refractivity contribution in [3.8, 4) is 0 Å². The van der Waals surface area contributed by atoms with Gasteiger partial charge in [0.2, 0.25) is 0 Å². The number of carboxylic acids is 1. The molecule has 25 heavy (non-hydrogen) atoms. The molecule has 0 aliphatic heterocycles. The van der Waals surface area contributed by atoms with Crippen LogP contribution in [0.4, 0.5) is 4.79 Å². The fourth-order valence-electron chi connectivity index (χ4n) is 3.41. The number of aromatic nitrogens is 1. The van der Waals surface area contributed by atoms with Gasteiger partial charge in [-0.15, -0.1) is 0 Å². The number of carbonyl (C=O) groups is 2. The van der Waals surface area contributed by atoms with Crippen molar-refractivity contribution in [2.24, 2.45) is 0 Å². The van der Waals surface area contributed by atoms with Crippen LogP contribution in [0, 0.1) is 6.92 Å². The highest BCUT2D eigenvalue weighted by atomic mass is 16.6. The summed E-state index contributed by atoms with van der Waals surface area (Å²) in [5.41, 5.74) is 2.12. The molecule has 0 bridgehead atoms. The Bertz CT molecular complexity index is 847. The van der Waals surface area contributed by atoms with Crippen LogP contribution in [-0.2, 0) is 22.4 Å². The van der Waals surface area contributed by atoms with Crippen molar-refractivity contribution >= 4 is 23.0 Å². The standard InChI is InChI=1S/C19H24N2O4/c1-11-5-6-12-13-10-19(16(22)23,21-17(24)25-18(2,3)4)8-7-14(13)20-15(12)9-11/h5-6,9,20H,7-8,10H2,1-4H3,(H,21,24)(H,22,23)/t19-/m1/s1. The second-order valence-corrected chi connectivity index (χ2v) is 7.82. The van der Waals surface area contributed by atoms with E-state index in [-0.39, 0.29) is 6.42 Å².